The summed E-state index contributed by atoms with van der Waals surface area (Å²) in [7, 11) is 2.15. The maximum Gasteiger partial charge on any atom is 0.225 e. The van der Waals surface area contributed by atoms with E-state index in [4.69, 9.17) is 0 Å². The lowest BCUT2D eigenvalue weighted by Crippen LogP contribution is -2.45. The zero-order valence-electron chi connectivity index (χ0n) is 17.6. The number of carbonyl (C=O) groups excluding carboxylic acids is 2. The summed E-state index contributed by atoms with van der Waals surface area (Å²) in [5, 5.41) is 3.08. The molecule has 0 spiro atoms. The Morgan fingerprint density at radius 2 is 1.70 bits per heavy atom. The summed E-state index contributed by atoms with van der Waals surface area (Å²) >= 11 is 0. The highest BCUT2D eigenvalue weighted by Gasteiger charge is 2.34. The van der Waals surface area contributed by atoms with Crippen LogP contribution in [0.15, 0.2) is 54.6 Å². The Kier molecular flexibility index (Phi) is 6.33. The van der Waals surface area contributed by atoms with Gasteiger partial charge in [-0.15, -0.1) is 0 Å². The molecule has 2 heterocycles. The summed E-state index contributed by atoms with van der Waals surface area (Å²) in [5.41, 5.74) is 3.41. The fraction of sp³-hybridized carbons (Fsp3) is 0.417. The van der Waals surface area contributed by atoms with Gasteiger partial charge in [0.25, 0.3) is 0 Å². The molecule has 2 aromatic rings. The number of nitrogens with one attached hydrogen (secondary N) is 1. The first-order chi connectivity index (χ1) is 14.6. The average molecular weight is 407 g/mol. The third-order valence-corrected chi connectivity index (χ3v) is 6.09. The van der Waals surface area contributed by atoms with Crippen LogP contribution >= 0.6 is 0 Å². The Bertz CT molecular complexity index is 878. The van der Waals surface area contributed by atoms with Crippen molar-refractivity contribution in [2.24, 2.45) is 5.92 Å². The van der Waals surface area contributed by atoms with Crippen LogP contribution in [-0.2, 0) is 22.7 Å². The summed E-state index contributed by atoms with van der Waals surface area (Å²) < 4.78 is 0. The van der Waals surface area contributed by atoms with Crippen LogP contribution in [0.5, 0.6) is 0 Å². The third-order valence-electron chi connectivity index (χ3n) is 6.09. The van der Waals surface area contributed by atoms with Crippen LogP contribution in [0.2, 0.25) is 0 Å². The van der Waals surface area contributed by atoms with Crippen LogP contribution in [-0.4, -0.2) is 61.4 Å². The number of hydrogen-bond donors (Lipinski definition) is 1. The minimum atomic E-state index is -0.281. The van der Waals surface area contributed by atoms with E-state index >= 15 is 0 Å². The van der Waals surface area contributed by atoms with Gasteiger partial charge in [-0.1, -0.05) is 48.5 Å². The first kappa shape index (κ1) is 20.4. The third kappa shape index (κ3) is 4.82. The molecule has 1 unspecified atom stereocenters. The summed E-state index contributed by atoms with van der Waals surface area (Å²) in [4.78, 5) is 31.7. The Hall–Kier alpha value is -2.86. The van der Waals surface area contributed by atoms with Crippen molar-refractivity contribution in [2.75, 3.05) is 44.7 Å². The normalized spacial score (nSPS) is 19.9. The molecule has 6 nitrogen and oxygen atoms in total. The highest BCUT2D eigenvalue weighted by molar-refractivity contribution is 5.89. The highest BCUT2D eigenvalue weighted by atomic mass is 16.2. The van der Waals surface area contributed by atoms with Gasteiger partial charge in [-0.3, -0.25) is 9.59 Å². The smallest absolute Gasteiger partial charge is 0.225 e. The number of hydrogen-bond acceptors (Lipinski definition) is 4. The van der Waals surface area contributed by atoms with E-state index in [0.29, 0.717) is 26.1 Å². The molecule has 2 saturated heterocycles. The number of piperazine rings is 1. The van der Waals surface area contributed by atoms with E-state index in [9.17, 15) is 9.59 Å². The Labute approximate surface area is 178 Å². The van der Waals surface area contributed by atoms with Crippen molar-refractivity contribution in [2.45, 2.75) is 19.5 Å². The summed E-state index contributed by atoms with van der Waals surface area (Å²) in [5.74, 6) is -0.263. The SMILES string of the molecule is CN1CCN(c2ccccc2CNC(=O)C2CC(=O)N(Cc3ccccc3)C2)CC1. The van der Waals surface area contributed by atoms with Gasteiger partial charge >= 0.3 is 0 Å². The van der Waals surface area contributed by atoms with Crippen LogP contribution in [0.25, 0.3) is 0 Å². The minimum absolute atomic E-state index is 0.0351. The van der Waals surface area contributed by atoms with Crippen molar-refractivity contribution >= 4 is 17.5 Å². The lowest BCUT2D eigenvalue weighted by atomic mass is 10.1. The molecule has 2 amide bonds. The largest absolute Gasteiger partial charge is 0.369 e. The molecule has 0 aliphatic carbocycles. The molecular formula is C24H30N4O2. The van der Waals surface area contributed by atoms with Crippen LogP contribution in [0.4, 0.5) is 5.69 Å². The van der Waals surface area contributed by atoms with Gasteiger partial charge in [-0.2, -0.15) is 0 Å². The number of nitrogens with zero attached hydrogens (tertiary/aromatic N) is 3. The molecule has 0 aromatic heterocycles. The van der Waals surface area contributed by atoms with Crippen LogP contribution in [0.3, 0.4) is 0 Å². The summed E-state index contributed by atoms with van der Waals surface area (Å²) in [6.45, 7) is 5.62. The zero-order valence-corrected chi connectivity index (χ0v) is 17.6. The van der Waals surface area contributed by atoms with E-state index in [1.165, 1.54) is 5.69 Å². The van der Waals surface area contributed by atoms with Gasteiger partial charge in [0, 0.05) is 57.9 Å². The van der Waals surface area contributed by atoms with Gasteiger partial charge in [0.15, 0.2) is 0 Å². The fourth-order valence-corrected chi connectivity index (χ4v) is 4.25. The van der Waals surface area contributed by atoms with Crippen molar-refractivity contribution in [3.8, 4) is 0 Å². The van der Waals surface area contributed by atoms with Crippen molar-refractivity contribution in [3.63, 3.8) is 0 Å². The number of para-hydroxylation sites is 1. The quantitative estimate of drug-likeness (QED) is 0.798. The first-order valence-electron chi connectivity index (χ1n) is 10.7. The lowest BCUT2D eigenvalue weighted by Gasteiger charge is -2.35. The number of carbonyl (C=O) groups is 2. The molecule has 0 radical (unpaired) electrons. The van der Waals surface area contributed by atoms with E-state index in [1.807, 2.05) is 36.4 Å². The van der Waals surface area contributed by atoms with Gasteiger partial charge in [0.2, 0.25) is 11.8 Å². The number of amides is 2. The predicted octanol–water partition coefficient (Wildman–Crippen LogP) is 2.10. The Balaban J connectivity index is 1.34. The van der Waals surface area contributed by atoms with Gasteiger partial charge < -0.3 is 20.0 Å². The summed E-state index contributed by atoms with van der Waals surface area (Å²) in [6, 6.07) is 18.2. The first-order valence-corrected chi connectivity index (χ1v) is 10.7. The van der Waals surface area contributed by atoms with Gasteiger partial charge in [0.1, 0.15) is 0 Å². The van der Waals surface area contributed by atoms with Gasteiger partial charge in [-0.25, -0.2) is 0 Å². The topological polar surface area (TPSA) is 55.9 Å². The highest BCUT2D eigenvalue weighted by Crippen LogP contribution is 2.23. The maximum atomic E-state index is 12.8. The van der Waals surface area contributed by atoms with E-state index in [1.54, 1.807) is 4.90 Å². The number of benzene rings is 2. The van der Waals surface area contributed by atoms with Crippen LogP contribution in [0.1, 0.15) is 17.5 Å². The van der Waals surface area contributed by atoms with E-state index in [0.717, 1.165) is 37.3 Å². The number of anilines is 1. The monoisotopic (exact) mass is 406 g/mol. The molecular weight excluding hydrogens is 376 g/mol. The molecule has 6 heteroatoms. The number of likely N-dealkylation sites (N-methyl/N-ethyl adjacent to an activating group) is 1. The maximum absolute atomic E-state index is 12.8. The molecule has 2 aromatic carbocycles. The molecule has 4 rings (SSSR count). The van der Waals surface area contributed by atoms with E-state index in [2.05, 4.69) is 40.4 Å². The second-order valence-corrected chi connectivity index (χ2v) is 8.30. The van der Waals surface area contributed by atoms with Crippen molar-refractivity contribution in [3.05, 3.63) is 65.7 Å². The Morgan fingerprint density at radius 1 is 1.00 bits per heavy atom. The molecule has 30 heavy (non-hydrogen) atoms. The molecule has 1 atom stereocenters. The van der Waals surface area contributed by atoms with E-state index in [-0.39, 0.29) is 17.7 Å². The minimum Gasteiger partial charge on any atom is -0.369 e. The molecule has 0 bridgehead atoms. The number of likely N-dealkylation sites (tertiary alicyclic amines) is 1. The average Bonchev–Trinajstić information content (AvgIpc) is 3.14. The zero-order chi connectivity index (χ0) is 20.9. The molecule has 0 saturated carbocycles. The van der Waals surface area contributed by atoms with Gasteiger partial charge in [0.05, 0.1) is 5.92 Å². The molecule has 2 aliphatic rings. The second-order valence-electron chi connectivity index (χ2n) is 8.30. The molecule has 2 fully saturated rings. The molecule has 2 aliphatic heterocycles. The second kappa shape index (κ2) is 9.30. The van der Waals surface area contributed by atoms with Crippen LogP contribution < -0.4 is 10.2 Å². The Morgan fingerprint density at radius 3 is 2.47 bits per heavy atom. The lowest BCUT2D eigenvalue weighted by molar-refractivity contribution is -0.129. The van der Waals surface area contributed by atoms with Gasteiger partial charge in [-0.05, 0) is 24.2 Å². The fourth-order valence-electron chi connectivity index (χ4n) is 4.25. The van der Waals surface area contributed by atoms with Crippen molar-refractivity contribution < 1.29 is 9.59 Å². The summed E-state index contributed by atoms with van der Waals surface area (Å²) in [6.07, 6.45) is 0.290. The van der Waals surface area contributed by atoms with Crippen molar-refractivity contribution in [1.82, 2.24) is 15.1 Å². The van der Waals surface area contributed by atoms with Crippen LogP contribution in [0, 0.1) is 5.92 Å². The predicted molar refractivity (Wildman–Crippen MR) is 118 cm³/mol. The van der Waals surface area contributed by atoms with Crippen molar-refractivity contribution in [1.29, 1.82) is 0 Å². The molecule has 1 N–H and O–H groups in total. The molecule has 158 valence electrons. The standard InChI is InChI=1S/C24H30N4O2/c1-26-11-13-27(14-12-26)22-10-6-5-9-20(22)16-25-24(30)21-15-23(29)28(18-21)17-19-7-3-2-4-8-19/h2-10,21H,11-18H2,1H3,(H,25,30). The van der Waals surface area contributed by atoms with E-state index < -0.39 is 0 Å². The number of rotatable bonds is 6.